The van der Waals surface area contributed by atoms with Crippen molar-refractivity contribution in [3.8, 4) is 0 Å². The zero-order valence-electron chi connectivity index (χ0n) is 7.05. The highest BCUT2D eigenvalue weighted by atomic mass is 16.3. The lowest BCUT2D eigenvalue weighted by Gasteiger charge is -2.04. The van der Waals surface area contributed by atoms with Gasteiger partial charge >= 0.3 is 0 Å². The predicted octanol–water partition coefficient (Wildman–Crippen LogP) is 2.07. The molecule has 1 aromatic heterocycles. The third-order valence-electron chi connectivity index (χ3n) is 1.69. The minimum atomic E-state index is 0.0729. The summed E-state index contributed by atoms with van der Waals surface area (Å²) in [5.74, 6) is 0.972. The minimum Gasteiger partial charge on any atom is -0.469 e. The van der Waals surface area contributed by atoms with Gasteiger partial charge in [0, 0.05) is 11.6 Å². The molecule has 0 fully saturated rings. The minimum absolute atomic E-state index is 0.0729. The first-order valence-corrected chi connectivity index (χ1v) is 3.71. The van der Waals surface area contributed by atoms with E-state index in [1.807, 2.05) is 20.8 Å². The number of aryl methyl sites for hydroxylation is 1. The quantitative estimate of drug-likeness (QED) is 0.616. The summed E-state index contributed by atoms with van der Waals surface area (Å²) < 4.78 is 5.10. The Morgan fingerprint density at radius 2 is 2.09 bits per heavy atom. The third-order valence-corrected chi connectivity index (χ3v) is 1.69. The topological polar surface area (TPSA) is 30.2 Å². The molecule has 0 aromatic carbocycles. The monoisotopic (exact) mass is 152 g/mol. The standard InChI is InChI=1S/C9H12O2/c1-6(2)9-7(3)11-5-4-8(9)10/h4-6H,1-3H3. The fourth-order valence-electron chi connectivity index (χ4n) is 1.22. The molecule has 0 atom stereocenters. The Morgan fingerprint density at radius 3 is 2.45 bits per heavy atom. The van der Waals surface area contributed by atoms with Crippen LogP contribution < -0.4 is 5.43 Å². The molecular weight excluding hydrogens is 140 g/mol. The van der Waals surface area contributed by atoms with Gasteiger partial charge in [0.25, 0.3) is 0 Å². The lowest BCUT2D eigenvalue weighted by Crippen LogP contribution is -2.10. The molecule has 2 nitrogen and oxygen atoms in total. The van der Waals surface area contributed by atoms with Gasteiger partial charge in [-0.05, 0) is 12.8 Å². The van der Waals surface area contributed by atoms with Crippen LogP contribution in [0.25, 0.3) is 0 Å². The average molecular weight is 152 g/mol. The van der Waals surface area contributed by atoms with E-state index >= 15 is 0 Å². The van der Waals surface area contributed by atoms with Crippen LogP contribution in [0.15, 0.2) is 21.5 Å². The first-order chi connectivity index (χ1) is 5.13. The van der Waals surface area contributed by atoms with Crippen LogP contribution in [0.4, 0.5) is 0 Å². The van der Waals surface area contributed by atoms with Gasteiger partial charge in [0.05, 0.1) is 6.26 Å². The molecule has 0 radical (unpaired) electrons. The van der Waals surface area contributed by atoms with Crippen LogP contribution in [-0.2, 0) is 0 Å². The molecule has 11 heavy (non-hydrogen) atoms. The SMILES string of the molecule is Cc1occc(=O)c1C(C)C. The molecule has 2 heteroatoms. The van der Waals surface area contributed by atoms with Crippen LogP contribution in [0.1, 0.15) is 31.1 Å². The van der Waals surface area contributed by atoms with Gasteiger partial charge in [-0.1, -0.05) is 13.8 Å². The van der Waals surface area contributed by atoms with E-state index in [0.717, 1.165) is 11.3 Å². The van der Waals surface area contributed by atoms with E-state index < -0.39 is 0 Å². The van der Waals surface area contributed by atoms with Crippen molar-refractivity contribution in [2.24, 2.45) is 0 Å². The smallest absolute Gasteiger partial charge is 0.188 e. The maximum Gasteiger partial charge on any atom is 0.188 e. The van der Waals surface area contributed by atoms with Gasteiger partial charge in [0.1, 0.15) is 5.76 Å². The molecule has 0 aliphatic heterocycles. The van der Waals surface area contributed by atoms with Crippen molar-refractivity contribution in [2.75, 3.05) is 0 Å². The molecular formula is C9H12O2. The highest BCUT2D eigenvalue weighted by Gasteiger charge is 2.08. The molecule has 0 N–H and O–H groups in total. The fourth-order valence-corrected chi connectivity index (χ4v) is 1.22. The van der Waals surface area contributed by atoms with Crippen molar-refractivity contribution in [2.45, 2.75) is 26.7 Å². The molecule has 1 heterocycles. The Hall–Kier alpha value is -1.05. The highest BCUT2D eigenvalue weighted by molar-refractivity contribution is 5.19. The van der Waals surface area contributed by atoms with E-state index in [9.17, 15) is 4.79 Å². The first kappa shape index (κ1) is 8.05. The summed E-state index contributed by atoms with van der Waals surface area (Å²) in [6.07, 6.45) is 1.43. The van der Waals surface area contributed by atoms with E-state index in [1.54, 1.807) is 0 Å². The van der Waals surface area contributed by atoms with Gasteiger partial charge < -0.3 is 4.42 Å². The average Bonchev–Trinajstić information content (AvgIpc) is 1.85. The van der Waals surface area contributed by atoms with Gasteiger partial charge in [-0.3, -0.25) is 4.79 Å². The summed E-state index contributed by atoms with van der Waals surface area (Å²) in [6, 6.07) is 1.46. The molecule has 0 unspecified atom stereocenters. The largest absolute Gasteiger partial charge is 0.469 e. The number of hydrogen-bond acceptors (Lipinski definition) is 2. The molecule has 0 saturated carbocycles. The van der Waals surface area contributed by atoms with Crippen LogP contribution in [0, 0.1) is 6.92 Å². The third kappa shape index (κ3) is 1.50. The lowest BCUT2D eigenvalue weighted by atomic mass is 10.0. The zero-order valence-corrected chi connectivity index (χ0v) is 7.05. The Bertz CT molecular complexity index is 297. The molecule has 0 aliphatic rings. The zero-order chi connectivity index (χ0) is 8.43. The molecule has 0 bridgehead atoms. The van der Waals surface area contributed by atoms with Crippen molar-refractivity contribution in [1.29, 1.82) is 0 Å². The summed E-state index contributed by atoms with van der Waals surface area (Å²) >= 11 is 0. The van der Waals surface area contributed by atoms with Crippen molar-refractivity contribution in [3.05, 3.63) is 33.9 Å². The molecule has 0 amide bonds. The Morgan fingerprint density at radius 1 is 1.45 bits per heavy atom. The van der Waals surface area contributed by atoms with E-state index in [4.69, 9.17) is 4.42 Å². The highest BCUT2D eigenvalue weighted by Crippen LogP contribution is 2.13. The van der Waals surface area contributed by atoms with Gasteiger partial charge in [0.15, 0.2) is 5.43 Å². The Kier molecular flexibility index (Phi) is 2.13. The summed E-state index contributed by atoms with van der Waals surface area (Å²) in [7, 11) is 0. The van der Waals surface area contributed by atoms with Crippen molar-refractivity contribution in [3.63, 3.8) is 0 Å². The normalized spacial score (nSPS) is 10.5. The molecule has 0 saturated heterocycles. The number of hydrogen-bond donors (Lipinski definition) is 0. The van der Waals surface area contributed by atoms with Crippen LogP contribution in [0.5, 0.6) is 0 Å². The van der Waals surface area contributed by atoms with Crippen molar-refractivity contribution >= 4 is 0 Å². The summed E-state index contributed by atoms with van der Waals surface area (Å²) in [5, 5.41) is 0. The van der Waals surface area contributed by atoms with E-state index in [-0.39, 0.29) is 11.3 Å². The van der Waals surface area contributed by atoms with E-state index in [2.05, 4.69) is 0 Å². The molecule has 0 spiro atoms. The maximum atomic E-state index is 11.2. The second-order valence-corrected chi connectivity index (χ2v) is 2.91. The van der Waals surface area contributed by atoms with E-state index in [0.29, 0.717) is 0 Å². The Labute approximate surface area is 65.9 Å². The number of rotatable bonds is 1. The van der Waals surface area contributed by atoms with Crippen LogP contribution in [0.3, 0.4) is 0 Å². The van der Waals surface area contributed by atoms with Gasteiger partial charge in [0.2, 0.25) is 0 Å². The van der Waals surface area contributed by atoms with Crippen LogP contribution in [0.2, 0.25) is 0 Å². The molecule has 1 aromatic rings. The predicted molar refractivity (Wildman–Crippen MR) is 43.8 cm³/mol. The maximum absolute atomic E-state index is 11.2. The second kappa shape index (κ2) is 2.91. The van der Waals surface area contributed by atoms with Crippen LogP contribution in [-0.4, -0.2) is 0 Å². The Balaban J connectivity index is 3.33. The summed E-state index contributed by atoms with van der Waals surface area (Å²) in [6.45, 7) is 5.79. The van der Waals surface area contributed by atoms with Crippen molar-refractivity contribution in [1.82, 2.24) is 0 Å². The second-order valence-electron chi connectivity index (χ2n) is 2.91. The van der Waals surface area contributed by atoms with Crippen molar-refractivity contribution < 1.29 is 4.42 Å². The summed E-state index contributed by atoms with van der Waals surface area (Å²) in [4.78, 5) is 11.2. The van der Waals surface area contributed by atoms with Gasteiger partial charge in [-0.25, -0.2) is 0 Å². The molecule has 1 rings (SSSR count). The van der Waals surface area contributed by atoms with Gasteiger partial charge in [-0.15, -0.1) is 0 Å². The molecule has 60 valence electrons. The fraction of sp³-hybridized carbons (Fsp3) is 0.444. The summed E-state index contributed by atoms with van der Waals surface area (Å²) in [5.41, 5.74) is 0.858. The van der Waals surface area contributed by atoms with Gasteiger partial charge in [-0.2, -0.15) is 0 Å². The lowest BCUT2D eigenvalue weighted by molar-refractivity contribution is 0.500. The van der Waals surface area contributed by atoms with Crippen LogP contribution >= 0.6 is 0 Å². The van der Waals surface area contributed by atoms with E-state index in [1.165, 1.54) is 12.3 Å². The first-order valence-electron chi connectivity index (χ1n) is 3.71. The molecule has 0 aliphatic carbocycles.